The molecule has 3 rings (SSSR count). The molecule has 0 aliphatic rings. The van der Waals surface area contributed by atoms with Crippen molar-refractivity contribution in [3.63, 3.8) is 0 Å². The van der Waals surface area contributed by atoms with Gasteiger partial charge in [-0.3, -0.25) is 4.79 Å². The zero-order valence-corrected chi connectivity index (χ0v) is 16.0. The summed E-state index contributed by atoms with van der Waals surface area (Å²) in [6.45, 7) is 0. The Bertz CT molecular complexity index is 1070. The van der Waals surface area contributed by atoms with E-state index >= 15 is 0 Å². The molecule has 3 aromatic carbocycles. The Labute approximate surface area is 172 Å². The molecule has 6 heteroatoms. The molecular formula is C22H14Cl2N2O2. The van der Waals surface area contributed by atoms with Crippen LogP contribution in [-0.4, -0.2) is 5.91 Å². The maximum Gasteiger partial charge on any atom is 0.266 e. The number of anilines is 1. The van der Waals surface area contributed by atoms with Gasteiger partial charge in [-0.15, -0.1) is 0 Å². The molecule has 138 valence electrons. The van der Waals surface area contributed by atoms with Gasteiger partial charge in [0.25, 0.3) is 5.91 Å². The second kappa shape index (κ2) is 9.09. The first-order valence-corrected chi connectivity index (χ1v) is 9.02. The minimum atomic E-state index is -0.558. The first-order valence-electron chi connectivity index (χ1n) is 8.27. The van der Waals surface area contributed by atoms with Crippen LogP contribution in [0.3, 0.4) is 0 Å². The molecule has 0 heterocycles. The molecule has 0 spiro atoms. The van der Waals surface area contributed by atoms with Gasteiger partial charge < -0.3 is 10.1 Å². The fraction of sp³-hybridized carbons (Fsp3) is 0. The highest BCUT2D eigenvalue weighted by Gasteiger charge is 2.13. The van der Waals surface area contributed by atoms with Gasteiger partial charge in [-0.25, -0.2) is 0 Å². The van der Waals surface area contributed by atoms with Crippen molar-refractivity contribution in [2.24, 2.45) is 0 Å². The molecule has 0 aliphatic carbocycles. The summed E-state index contributed by atoms with van der Waals surface area (Å²) >= 11 is 11.9. The van der Waals surface area contributed by atoms with Crippen molar-refractivity contribution in [2.75, 3.05) is 5.32 Å². The minimum Gasteiger partial charge on any atom is -0.455 e. The molecule has 0 aliphatic heterocycles. The number of halogens is 2. The summed E-state index contributed by atoms with van der Waals surface area (Å²) < 4.78 is 5.82. The largest absolute Gasteiger partial charge is 0.455 e. The lowest BCUT2D eigenvalue weighted by Crippen LogP contribution is -2.14. The summed E-state index contributed by atoms with van der Waals surface area (Å²) in [6.07, 6.45) is 1.44. The first kappa shape index (κ1) is 19.5. The van der Waals surface area contributed by atoms with Gasteiger partial charge in [-0.05, 0) is 48.0 Å². The average molecular weight is 409 g/mol. The standard InChI is InChI=1S/C22H14Cl2N2O2/c23-18-11-10-15(13-19(18)24)12-16(14-25)22(27)26-20-8-4-5-9-21(20)28-17-6-2-1-3-7-17/h1-13H,(H,26,27)/b16-12+. The maximum atomic E-state index is 12.6. The first-order chi connectivity index (χ1) is 13.6. The number of amides is 1. The second-order valence-corrected chi connectivity index (χ2v) is 6.52. The summed E-state index contributed by atoms with van der Waals surface area (Å²) in [4.78, 5) is 12.6. The van der Waals surface area contributed by atoms with Gasteiger partial charge >= 0.3 is 0 Å². The van der Waals surface area contributed by atoms with Gasteiger partial charge in [0, 0.05) is 0 Å². The third-order valence-electron chi connectivity index (χ3n) is 3.73. The number of hydrogen-bond donors (Lipinski definition) is 1. The van der Waals surface area contributed by atoms with E-state index in [9.17, 15) is 10.1 Å². The molecular weight excluding hydrogens is 395 g/mol. The summed E-state index contributed by atoms with van der Waals surface area (Å²) in [5.41, 5.74) is 0.967. The van der Waals surface area contributed by atoms with E-state index in [1.54, 1.807) is 42.5 Å². The number of benzene rings is 3. The van der Waals surface area contributed by atoms with Crippen LogP contribution >= 0.6 is 23.2 Å². The Morgan fingerprint density at radius 2 is 1.68 bits per heavy atom. The van der Waals surface area contributed by atoms with E-state index in [0.717, 1.165) is 0 Å². The van der Waals surface area contributed by atoms with Gasteiger partial charge in [0.05, 0.1) is 15.7 Å². The smallest absolute Gasteiger partial charge is 0.266 e. The van der Waals surface area contributed by atoms with E-state index in [1.165, 1.54) is 6.08 Å². The van der Waals surface area contributed by atoms with Gasteiger partial charge in [0.2, 0.25) is 0 Å². The molecule has 3 aromatic rings. The molecule has 1 amide bonds. The van der Waals surface area contributed by atoms with Crippen molar-refractivity contribution in [3.8, 4) is 17.6 Å². The lowest BCUT2D eigenvalue weighted by molar-refractivity contribution is -0.112. The minimum absolute atomic E-state index is 0.0760. The lowest BCUT2D eigenvalue weighted by atomic mass is 10.1. The zero-order chi connectivity index (χ0) is 19.9. The monoisotopic (exact) mass is 408 g/mol. The normalized spacial score (nSPS) is 10.8. The van der Waals surface area contributed by atoms with Gasteiger partial charge in [0.15, 0.2) is 5.75 Å². The molecule has 1 N–H and O–H groups in total. The number of para-hydroxylation sites is 3. The van der Waals surface area contributed by atoms with Crippen molar-refractivity contribution in [1.82, 2.24) is 0 Å². The molecule has 0 bridgehead atoms. The summed E-state index contributed by atoms with van der Waals surface area (Å²) in [5, 5.41) is 12.8. The van der Waals surface area contributed by atoms with Crippen LogP contribution in [0, 0.1) is 11.3 Å². The Kier molecular flexibility index (Phi) is 6.33. The van der Waals surface area contributed by atoms with Crippen molar-refractivity contribution < 1.29 is 9.53 Å². The van der Waals surface area contributed by atoms with Crippen LogP contribution in [0.25, 0.3) is 6.08 Å². The van der Waals surface area contributed by atoms with Crippen molar-refractivity contribution in [2.45, 2.75) is 0 Å². The van der Waals surface area contributed by atoms with Crippen LogP contribution in [0.5, 0.6) is 11.5 Å². The fourth-order valence-electron chi connectivity index (χ4n) is 2.38. The summed E-state index contributed by atoms with van der Waals surface area (Å²) in [7, 11) is 0. The third kappa shape index (κ3) is 4.92. The number of hydrogen-bond acceptors (Lipinski definition) is 3. The number of nitriles is 1. The molecule has 0 aromatic heterocycles. The quantitative estimate of drug-likeness (QED) is 0.396. The SMILES string of the molecule is N#C/C(=C\c1ccc(Cl)c(Cl)c1)C(=O)Nc1ccccc1Oc1ccccc1. The van der Waals surface area contributed by atoms with Crippen LogP contribution in [0.4, 0.5) is 5.69 Å². The third-order valence-corrected chi connectivity index (χ3v) is 4.47. The summed E-state index contributed by atoms with van der Waals surface area (Å²) in [6, 6.07) is 23.0. The van der Waals surface area contributed by atoms with Crippen LogP contribution in [0.2, 0.25) is 10.0 Å². The van der Waals surface area contributed by atoms with Crippen LogP contribution in [0.15, 0.2) is 78.4 Å². The number of nitrogens with one attached hydrogen (secondary N) is 1. The number of nitrogens with zero attached hydrogens (tertiary/aromatic N) is 1. The number of rotatable bonds is 5. The number of ether oxygens (including phenoxy) is 1. The Hall–Kier alpha value is -3.26. The van der Waals surface area contributed by atoms with Crippen molar-refractivity contribution in [1.29, 1.82) is 5.26 Å². The van der Waals surface area contributed by atoms with Gasteiger partial charge in [-0.1, -0.05) is 59.6 Å². The highest BCUT2D eigenvalue weighted by Crippen LogP contribution is 2.29. The topological polar surface area (TPSA) is 62.1 Å². The number of carbonyl (C=O) groups excluding carboxylic acids is 1. The van der Waals surface area contributed by atoms with E-state index in [0.29, 0.717) is 32.8 Å². The molecule has 0 atom stereocenters. The molecule has 28 heavy (non-hydrogen) atoms. The van der Waals surface area contributed by atoms with E-state index in [-0.39, 0.29) is 5.57 Å². The van der Waals surface area contributed by atoms with E-state index in [4.69, 9.17) is 27.9 Å². The molecule has 0 unspecified atom stereocenters. The molecule has 0 fully saturated rings. The lowest BCUT2D eigenvalue weighted by Gasteiger charge is -2.12. The molecule has 4 nitrogen and oxygen atoms in total. The Morgan fingerprint density at radius 3 is 2.39 bits per heavy atom. The van der Waals surface area contributed by atoms with E-state index < -0.39 is 5.91 Å². The second-order valence-electron chi connectivity index (χ2n) is 5.71. The number of carbonyl (C=O) groups is 1. The zero-order valence-electron chi connectivity index (χ0n) is 14.5. The van der Waals surface area contributed by atoms with Crippen LogP contribution < -0.4 is 10.1 Å². The van der Waals surface area contributed by atoms with E-state index in [1.807, 2.05) is 36.4 Å². The van der Waals surface area contributed by atoms with Crippen molar-refractivity contribution >= 4 is 40.9 Å². The molecule has 0 radical (unpaired) electrons. The predicted molar refractivity (Wildman–Crippen MR) is 112 cm³/mol. The Morgan fingerprint density at radius 1 is 0.964 bits per heavy atom. The molecule has 0 saturated carbocycles. The fourth-order valence-corrected chi connectivity index (χ4v) is 2.69. The van der Waals surface area contributed by atoms with Crippen molar-refractivity contribution in [3.05, 3.63) is 94.0 Å². The molecule has 0 saturated heterocycles. The van der Waals surface area contributed by atoms with Crippen LogP contribution in [-0.2, 0) is 4.79 Å². The van der Waals surface area contributed by atoms with Crippen LogP contribution in [0.1, 0.15) is 5.56 Å². The summed E-state index contributed by atoms with van der Waals surface area (Å²) in [5.74, 6) is 0.544. The van der Waals surface area contributed by atoms with E-state index in [2.05, 4.69) is 5.32 Å². The highest BCUT2D eigenvalue weighted by molar-refractivity contribution is 6.42. The maximum absolute atomic E-state index is 12.6. The average Bonchev–Trinajstić information content (AvgIpc) is 2.71. The Balaban J connectivity index is 1.82. The van der Waals surface area contributed by atoms with Gasteiger partial charge in [-0.2, -0.15) is 5.26 Å². The van der Waals surface area contributed by atoms with Gasteiger partial charge in [0.1, 0.15) is 17.4 Å². The highest BCUT2D eigenvalue weighted by atomic mass is 35.5. The predicted octanol–water partition coefficient (Wildman–Crippen LogP) is 6.33.